The minimum atomic E-state index is -0.209. The summed E-state index contributed by atoms with van der Waals surface area (Å²) < 4.78 is 13.1. The van der Waals surface area contributed by atoms with Crippen LogP contribution in [-0.4, -0.2) is 55.1 Å². The van der Waals surface area contributed by atoms with Gasteiger partial charge in [0.2, 0.25) is 0 Å². The summed E-state index contributed by atoms with van der Waals surface area (Å²) in [6.07, 6.45) is 9.67. The summed E-state index contributed by atoms with van der Waals surface area (Å²) in [6, 6.07) is 6.83. The zero-order chi connectivity index (χ0) is 20.2. The molecule has 1 aromatic rings. The second-order valence-corrected chi connectivity index (χ2v) is 7.84. The molecular weight excluding hydrogens is 389 g/mol. The Kier molecular flexibility index (Phi) is 12.8. The van der Waals surface area contributed by atoms with E-state index in [0.29, 0.717) is 0 Å². The predicted molar refractivity (Wildman–Crippen MR) is 123 cm³/mol. The van der Waals surface area contributed by atoms with Crippen molar-refractivity contribution in [1.29, 1.82) is 0 Å². The van der Waals surface area contributed by atoms with E-state index in [-0.39, 0.29) is 24.3 Å². The lowest BCUT2D eigenvalue weighted by Gasteiger charge is -2.38. The monoisotopic (exact) mass is 427 g/mol. The predicted octanol–water partition coefficient (Wildman–Crippen LogP) is 5.95. The molecule has 4 nitrogen and oxygen atoms in total. The minimum Gasteiger partial charge on any atom is -0.368 e. The maximum atomic E-state index is 13.1. The summed E-state index contributed by atoms with van der Waals surface area (Å²) in [5.74, 6) is -0.209. The van der Waals surface area contributed by atoms with Gasteiger partial charge in [-0.3, -0.25) is 0 Å². The molecule has 1 saturated heterocycles. The van der Waals surface area contributed by atoms with Gasteiger partial charge in [-0.05, 0) is 37.1 Å². The van der Waals surface area contributed by atoms with Crippen molar-refractivity contribution in [1.82, 2.24) is 9.80 Å². The molecule has 166 valence electrons. The number of halogens is 2. The van der Waals surface area contributed by atoms with E-state index < -0.39 is 0 Å². The van der Waals surface area contributed by atoms with Crippen molar-refractivity contribution in [3.05, 3.63) is 30.1 Å². The van der Waals surface area contributed by atoms with Gasteiger partial charge in [0.1, 0.15) is 5.82 Å². The molecule has 1 aliphatic rings. The van der Waals surface area contributed by atoms with Crippen molar-refractivity contribution in [2.45, 2.75) is 65.2 Å². The van der Waals surface area contributed by atoms with Crippen LogP contribution >= 0.6 is 12.4 Å². The van der Waals surface area contributed by atoms with Crippen LogP contribution in [0.4, 0.5) is 14.9 Å². The number of hydrogen-bond acceptors (Lipinski definition) is 2. The van der Waals surface area contributed by atoms with Crippen LogP contribution in [0.5, 0.6) is 0 Å². The fraction of sp³-hybridized carbons (Fsp3) is 0.696. The highest BCUT2D eigenvalue weighted by molar-refractivity contribution is 5.85. The van der Waals surface area contributed by atoms with E-state index in [0.717, 1.165) is 64.2 Å². The summed E-state index contributed by atoms with van der Waals surface area (Å²) in [7, 11) is 0. The van der Waals surface area contributed by atoms with Crippen molar-refractivity contribution in [3.8, 4) is 0 Å². The third-order valence-corrected chi connectivity index (χ3v) is 5.58. The highest BCUT2D eigenvalue weighted by atomic mass is 35.5. The summed E-state index contributed by atoms with van der Waals surface area (Å²) in [4.78, 5) is 19.3. The van der Waals surface area contributed by atoms with Gasteiger partial charge in [0, 0.05) is 45.0 Å². The van der Waals surface area contributed by atoms with Gasteiger partial charge in [-0.2, -0.15) is 0 Å². The number of urea groups is 1. The lowest BCUT2D eigenvalue weighted by molar-refractivity contribution is 0.148. The lowest BCUT2D eigenvalue weighted by atomic mass is 10.1. The summed E-state index contributed by atoms with van der Waals surface area (Å²) in [5, 5.41) is 0. The molecule has 0 bridgehead atoms. The number of rotatable bonds is 11. The first-order valence-corrected chi connectivity index (χ1v) is 11.2. The Morgan fingerprint density at radius 1 is 0.862 bits per heavy atom. The molecule has 0 atom stereocenters. The average molecular weight is 428 g/mol. The first-order valence-electron chi connectivity index (χ1n) is 11.2. The second-order valence-electron chi connectivity index (χ2n) is 7.84. The van der Waals surface area contributed by atoms with Crippen LogP contribution in [-0.2, 0) is 0 Å². The molecule has 0 spiro atoms. The van der Waals surface area contributed by atoms with E-state index >= 15 is 0 Å². The van der Waals surface area contributed by atoms with Crippen LogP contribution in [0.15, 0.2) is 24.3 Å². The fourth-order valence-corrected chi connectivity index (χ4v) is 3.74. The Balaban J connectivity index is 0.00000420. The summed E-state index contributed by atoms with van der Waals surface area (Å²) in [5.41, 5.74) is 1.03. The van der Waals surface area contributed by atoms with E-state index in [4.69, 9.17) is 0 Å². The van der Waals surface area contributed by atoms with Gasteiger partial charge in [-0.15, -0.1) is 12.4 Å². The van der Waals surface area contributed by atoms with Gasteiger partial charge in [-0.1, -0.05) is 52.4 Å². The number of benzene rings is 1. The van der Waals surface area contributed by atoms with Gasteiger partial charge >= 0.3 is 6.03 Å². The van der Waals surface area contributed by atoms with Gasteiger partial charge in [0.05, 0.1) is 0 Å². The van der Waals surface area contributed by atoms with E-state index in [2.05, 4.69) is 23.6 Å². The van der Waals surface area contributed by atoms with Crippen LogP contribution in [0.25, 0.3) is 0 Å². The van der Waals surface area contributed by atoms with E-state index in [1.807, 2.05) is 17.0 Å². The van der Waals surface area contributed by atoms with Gasteiger partial charge in [0.15, 0.2) is 0 Å². The molecule has 0 N–H and O–H groups in total. The number of piperazine rings is 1. The molecule has 1 aromatic carbocycles. The molecule has 1 aliphatic heterocycles. The van der Waals surface area contributed by atoms with Gasteiger partial charge < -0.3 is 14.7 Å². The Bertz CT molecular complexity index is 562. The first kappa shape index (κ1) is 25.5. The zero-order valence-electron chi connectivity index (χ0n) is 18.2. The number of unbranched alkanes of at least 4 members (excludes halogenated alkanes) is 6. The van der Waals surface area contributed by atoms with E-state index in [1.165, 1.54) is 44.2 Å². The number of amides is 2. The summed E-state index contributed by atoms with van der Waals surface area (Å²) in [6.45, 7) is 9.22. The lowest BCUT2D eigenvalue weighted by Crippen LogP contribution is -2.53. The van der Waals surface area contributed by atoms with Gasteiger partial charge in [-0.25, -0.2) is 9.18 Å². The molecule has 0 saturated carbocycles. The molecule has 1 fully saturated rings. The Morgan fingerprint density at radius 3 is 2.03 bits per heavy atom. The molecule has 1 heterocycles. The first-order chi connectivity index (χ1) is 13.7. The largest absolute Gasteiger partial charge is 0.368 e. The van der Waals surface area contributed by atoms with Crippen LogP contribution in [0.3, 0.4) is 0 Å². The van der Waals surface area contributed by atoms with Crippen LogP contribution in [0.1, 0.15) is 65.2 Å². The van der Waals surface area contributed by atoms with Crippen molar-refractivity contribution in [2.24, 2.45) is 0 Å². The molecule has 29 heavy (non-hydrogen) atoms. The maximum absolute atomic E-state index is 13.1. The normalized spacial score (nSPS) is 13.9. The van der Waals surface area contributed by atoms with Crippen LogP contribution in [0, 0.1) is 5.82 Å². The third kappa shape index (κ3) is 8.81. The smallest absolute Gasteiger partial charge is 0.320 e. The van der Waals surface area contributed by atoms with Crippen molar-refractivity contribution in [2.75, 3.05) is 44.2 Å². The Hall–Kier alpha value is -1.49. The second kappa shape index (κ2) is 14.5. The highest BCUT2D eigenvalue weighted by Gasteiger charge is 2.25. The van der Waals surface area contributed by atoms with Gasteiger partial charge in [0.25, 0.3) is 0 Å². The van der Waals surface area contributed by atoms with Crippen molar-refractivity contribution >= 4 is 24.1 Å². The maximum Gasteiger partial charge on any atom is 0.320 e. The standard InChI is InChI=1S/C23H38FN3O.ClH/c1-3-5-7-8-9-10-16-26(15-6-4-2)23(28)27-19-17-25(18-20-27)22-13-11-21(24)12-14-22;/h11-14H,3-10,15-20H2,1-2H3;1H. The van der Waals surface area contributed by atoms with Crippen LogP contribution in [0.2, 0.25) is 0 Å². The van der Waals surface area contributed by atoms with Crippen molar-refractivity contribution in [3.63, 3.8) is 0 Å². The quantitative estimate of drug-likeness (QED) is 0.408. The SMILES string of the molecule is CCCCCCCCN(CCCC)C(=O)N1CCN(c2ccc(F)cc2)CC1.Cl. The summed E-state index contributed by atoms with van der Waals surface area (Å²) >= 11 is 0. The molecule has 0 radical (unpaired) electrons. The molecule has 0 aromatic heterocycles. The molecule has 6 heteroatoms. The molecule has 2 rings (SSSR count). The number of nitrogens with zero attached hydrogens (tertiary/aromatic N) is 3. The molecular formula is C23H39ClFN3O. The molecule has 0 aliphatic carbocycles. The van der Waals surface area contributed by atoms with Crippen molar-refractivity contribution < 1.29 is 9.18 Å². The third-order valence-electron chi connectivity index (χ3n) is 5.58. The van der Waals surface area contributed by atoms with Crippen LogP contribution < -0.4 is 4.90 Å². The van der Waals surface area contributed by atoms with E-state index in [1.54, 1.807) is 0 Å². The Morgan fingerprint density at radius 2 is 1.41 bits per heavy atom. The fourth-order valence-electron chi connectivity index (χ4n) is 3.74. The minimum absolute atomic E-state index is 0. The topological polar surface area (TPSA) is 26.8 Å². The Labute approximate surface area is 182 Å². The molecule has 0 unspecified atom stereocenters. The number of carbonyl (C=O) groups excluding carboxylic acids is 1. The molecule has 2 amide bonds. The zero-order valence-corrected chi connectivity index (χ0v) is 19.1. The highest BCUT2D eigenvalue weighted by Crippen LogP contribution is 2.18. The number of hydrogen-bond donors (Lipinski definition) is 0. The number of carbonyl (C=O) groups is 1. The van der Waals surface area contributed by atoms with E-state index in [9.17, 15) is 9.18 Å². The number of anilines is 1. The average Bonchev–Trinajstić information content (AvgIpc) is 2.73.